The van der Waals surface area contributed by atoms with E-state index in [0.717, 1.165) is 16.9 Å². The molecule has 176 valence electrons. The minimum absolute atomic E-state index is 0.192. The number of pyridine rings is 1. The number of hydrogen-bond acceptors (Lipinski definition) is 7. The van der Waals surface area contributed by atoms with Crippen LogP contribution in [0.3, 0.4) is 0 Å². The summed E-state index contributed by atoms with van der Waals surface area (Å²) in [6.45, 7) is 4.06. The fourth-order valence-electron chi connectivity index (χ4n) is 3.29. The average Bonchev–Trinajstić information content (AvgIpc) is 3.19. The van der Waals surface area contributed by atoms with Gasteiger partial charge in [-0.15, -0.1) is 5.10 Å². The number of fused-ring (bicyclic) bond motifs is 1. The van der Waals surface area contributed by atoms with Crippen molar-refractivity contribution in [2.24, 2.45) is 5.73 Å². The van der Waals surface area contributed by atoms with Crippen LogP contribution in [0, 0.1) is 0 Å². The molecule has 0 aliphatic carbocycles. The first-order valence-corrected chi connectivity index (χ1v) is 12.5. The summed E-state index contributed by atoms with van der Waals surface area (Å²) in [6.07, 6.45) is 1.18. The van der Waals surface area contributed by atoms with Gasteiger partial charge in [-0.2, -0.15) is 4.98 Å². The zero-order valence-corrected chi connectivity index (χ0v) is 19.9. The van der Waals surface area contributed by atoms with Gasteiger partial charge in [0.15, 0.2) is 15.5 Å². The SMILES string of the molecule is CC(C)(N)CNC(=O)c1ccc(Nc2nc3cccc(-c4ccc(S(C)(=O)=O)cc4)n3n2)cc1. The van der Waals surface area contributed by atoms with E-state index in [1.165, 1.54) is 6.26 Å². The van der Waals surface area contributed by atoms with Crippen LogP contribution in [-0.2, 0) is 9.84 Å². The van der Waals surface area contributed by atoms with Crippen LogP contribution in [0.5, 0.6) is 0 Å². The quantitative estimate of drug-likeness (QED) is 0.372. The molecule has 0 aliphatic rings. The number of amides is 1. The van der Waals surface area contributed by atoms with Gasteiger partial charge in [-0.05, 0) is 62.4 Å². The van der Waals surface area contributed by atoms with Gasteiger partial charge < -0.3 is 16.4 Å². The molecule has 4 N–H and O–H groups in total. The number of hydrogen-bond donors (Lipinski definition) is 3. The topological polar surface area (TPSA) is 131 Å². The highest BCUT2D eigenvalue weighted by Crippen LogP contribution is 2.23. The Morgan fingerprint density at radius 3 is 2.32 bits per heavy atom. The summed E-state index contributed by atoms with van der Waals surface area (Å²) in [4.78, 5) is 17.1. The number of nitrogens with one attached hydrogen (secondary N) is 2. The van der Waals surface area contributed by atoms with E-state index in [9.17, 15) is 13.2 Å². The Labute approximate surface area is 197 Å². The van der Waals surface area contributed by atoms with Crippen LogP contribution >= 0.6 is 0 Å². The smallest absolute Gasteiger partial charge is 0.251 e. The van der Waals surface area contributed by atoms with E-state index in [-0.39, 0.29) is 10.8 Å². The molecule has 0 aliphatic heterocycles. The van der Waals surface area contributed by atoms with E-state index in [1.54, 1.807) is 53.0 Å². The van der Waals surface area contributed by atoms with Crippen LogP contribution in [0.2, 0.25) is 0 Å². The van der Waals surface area contributed by atoms with Crippen molar-refractivity contribution >= 4 is 33.0 Å². The van der Waals surface area contributed by atoms with Gasteiger partial charge in [0.2, 0.25) is 5.95 Å². The number of carbonyl (C=O) groups is 1. The molecule has 0 unspecified atom stereocenters. The third-order valence-corrected chi connectivity index (χ3v) is 6.17. The first-order valence-electron chi connectivity index (χ1n) is 10.6. The Morgan fingerprint density at radius 2 is 1.71 bits per heavy atom. The zero-order chi connectivity index (χ0) is 24.5. The predicted octanol–water partition coefficient (Wildman–Crippen LogP) is 3.01. The van der Waals surface area contributed by atoms with E-state index in [1.807, 2.05) is 32.0 Å². The summed E-state index contributed by atoms with van der Waals surface area (Å²) >= 11 is 0. The third kappa shape index (κ3) is 5.41. The van der Waals surface area contributed by atoms with Gasteiger partial charge in [0.05, 0.1) is 10.6 Å². The van der Waals surface area contributed by atoms with Gasteiger partial charge in [0.25, 0.3) is 5.91 Å². The van der Waals surface area contributed by atoms with Crippen LogP contribution < -0.4 is 16.4 Å². The molecule has 9 nitrogen and oxygen atoms in total. The molecule has 4 rings (SSSR count). The van der Waals surface area contributed by atoms with E-state index in [0.29, 0.717) is 23.7 Å². The van der Waals surface area contributed by atoms with Crippen molar-refractivity contribution in [1.82, 2.24) is 19.9 Å². The van der Waals surface area contributed by atoms with Crippen LogP contribution in [-0.4, -0.2) is 47.3 Å². The summed E-state index contributed by atoms with van der Waals surface area (Å²) in [5.41, 5.74) is 8.89. The lowest BCUT2D eigenvalue weighted by atomic mass is 10.1. The summed E-state index contributed by atoms with van der Waals surface area (Å²) in [5, 5.41) is 10.5. The molecule has 10 heteroatoms. The molecule has 4 aromatic rings. The summed E-state index contributed by atoms with van der Waals surface area (Å²) < 4.78 is 25.2. The van der Waals surface area contributed by atoms with Crippen LogP contribution in [0.15, 0.2) is 71.6 Å². The number of nitrogens with zero attached hydrogens (tertiary/aromatic N) is 3. The van der Waals surface area contributed by atoms with Crippen molar-refractivity contribution in [2.45, 2.75) is 24.3 Å². The Bertz CT molecular complexity index is 1440. The molecule has 2 heterocycles. The fourth-order valence-corrected chi connectivity index (χ4v) is 3.92. The second-order valence-electron chi connectivity index (χ2n) is 8.79. The molecule has 0 spiro atoms. The van der Waals surface area contributed by atoms with Crippen molar-refractivity contribution < 1.29 is 13.2 Å². The predicted molar refractivity (Wildman–Crippen MR) is 132 cm³/mol. The van der Waals surface area contributed by atoms with Crippen molar-refractivity contribution in [1.29, 1.82) is 0 Å². The van der Waals surface area contributed by atoms with Crippen molar-refractivity contribution in [2.75, 3.05) is 18.1 Å². The van der Waals surface area contributed by atoms with E-state index < -0.39 is 15.4 Å². The van der Waals surface area contributed by atoms with E-state index in [4.69, 9.17) is 5.73 Å². The highest BCUT2D eigenvalue weighted by Gasteiger charge is 2.14. The maximum atomic E-state index is 12.3. The second kappa shape index (κ2) is 8.88. The lowest BCUT2D eigenvalue weighted by Gasteiger charge is -2.18. The van der Waals surface area contributed by atoms with Gasteiger partial charge in [0.1, 0.15) is 0 Å². The molecule has 2 aromatic heterocycles. The molecule has 34 heavy (non-hydrogen) atoms. The zero-order valence-electron chi connectivity index (χ0n) is 19.1. The van der Waals surface area contributed by atoms with Crippen LogP contribution in [0.1, 0.15) is 24.2 Å². The van der Waals surface area contributed by atoms with Gasteiger partial charge in [-0.25, -0.2) is 12.9 Å². The fraction of sp³-hybridized carbons (Fsp3) is 0.208. The van der Waals surface area contributed by atoms with Crippen LogP contribution in [0.4, 0.5) is 11.6 Å². The first kappa shape index (κ1) is 23.4. The Balaban J connectivity index is 1.53. The van der Waals surface area contributed by atoms with Crippen molar-refractivity contribution in [3.8, 4) is 11.3 Å². The highest BCUT2D eigenvalue weighted by molar-refractivity contribution is 7.90. The molecule has 0 saturated carbocycles. The molecule has 0 fully saturated rings. The molecular weight excluding hydrogens is 452 g/mol. The number of aromatic nitrogens is 3. The number of sulfone groups is 1. The van der Waals surface area contributed by atoms with E-state index in [2.05, 4.69) is 20.7 Å². The number of anilines is 2. The molecular formula is C24H26N6O3S. The third-order valence-electron chi connectivity index (χ3n) is 5.05. The Kier molecular flexibility index (Phi) is 6.11. The highest BCUT2D eigenvalue weighted by atomic mass is 32.2. The first-order chi connectivity index (χ1) is 16.0. The number of rotatable bonds is 7. The molecule has 1 amide bonds. The second-order valence-corrected chi connectivity index (χ2v) is 10.8. The Morgan fingerprint density at radius 1 is 1.03 bits per heavy atom. The molecule has 0 bridgehead atoms. The monoisotopic (exact) mass is 478 g/mol. The lowest BCUT2D eigenvalue weighted by Crippen LogP contribution is -2.45. The maximum absolute atomic E-state index is 12.3. The van der Waals surface area contributed by atoms with Crippen molar-refractivity contribution in [3.63, 3.8) is 0 Å². The van der Waals surface area contributed by atoms with Gasteiger partial charge in [0, 0.05) is 35.2 Å². The molecule has 0 radical (unpaired) electrons. The molecule has 0 saturated heterocycles. The van der Waals surface area contributed by atoms with E-state index >= 15 is 0 Å². The average molecular weight is 479 g/mol. The largest absolute Gasteiger partial charge is 0.350 e. The summed E-state index contributed by atoms with van der Waals surface area (Å²) in [6, 6.07) is 19.2. The normalized spacial score (nSPS) is 12.0. The Hall–Kier alpha value is -3.76. The lowest BCUT2D eigenvalue weighted by molar-refractivity contribution is 0.0946. The number of benzene rings is 2. The maximum Gasteiger partial charge on any atom is 0.251 e. The van der Waals surface area contributed by atoms with Crippen LogP contribution in [0.25, 0.3) is 16.9 Å². The minimum atomic E-state index is -3.27. The van der Waals surface area contributed by atoms with Crippen molar-refractivity contribution in [3.05, 3.63) is 72.3 Å². The van der Waals surface area contributed by atoms with Gasteiger partial charge >= 0.3 is 0 Å². The molecule has 2 aromatic carbocycles. The van der Waals surface area contributed by atoms with Gasteiger partial charge in [-0.1, -0.05) is 18.2 Å². The standard InChI is InChI=1S/C24H26N6O3S/c1-24(2,25)15-26-22(31)17-7-11-18(12-8-17)27-23-28-21-6-4-5-20(30(21)29-23)16-9-13-19(14-10-16)34(3,32)33/h4-14H,15,25H2,1-3H3,(H,26,31)(H,27,29). The summed E-state index contributed by atoms with van der Waals surface area (Å²) in [5.74, 6) is 0.199. The molecule has 0 atom stereocenters. The minimum Gasteiger partial charge on any atom is -0.350 e. The van der Waals surface area contributed by atoms with Gasteiger partial charge in [-0.3, -0.25) is 4.79 Å². The number of nitrogens with two attached hydrogens (primary N) is 1. The summed E-state index contributed by atoms with van der Waals surface area (Å²) in [7, 11) is -3.27. The number of carbonyl (C=O) groups excluding carboxylic acids is 1.